The molecule has 0 fully saturated rings. The highest BCUT2D eigenvalue weighted by Crippen LogP contribution is 2.36. The van der Waals surface area contributed by atoms with Crippen LogP contribution < -0.4 is 10.6 Å². The first-order chi connectivity index (χ1) is 21.9. The van der Waals surface area contributed by atoms with Gasteiger partial charge < -0.3 is 14.8 Å². The Bertz CT molecular complexity index is 1950. The van der Waals surface area contributed by atoms with E-state index in [-0.39, 0.29) is 23.9 Å². The van der Waals surface area contributed by atoms with Crippen LogP contribution in [0.3, 0.4) is 0 Å². The average molecular weight is 625 g/mol. The molecule has 4 aliphatic heterocycles. The summed E-state index contributed by atoms with van der Waals surface area (Å²) in [6.45, 7) is 11.4. The van der Waals surface area contributed by atoms with E-state index >= 15 is 0 Å². The molecule has 2 N–H and O–H groups in total. The number of Topliss-reactive ketones (excluding diaryl/α,β-unsaturated/α-hetero) is 1. The average Bonchev–Trinajstić information content (AvgIpc) is 3.67. The number of esters is 1. The smallest absolute Gasteiger partial charge is 0.305 e. The van der Waals surface area contributed by atoms with Crippen LogP contribution in [0.5, 0.6) is 0 Å². The Labute approximate surface area is 268 Å². The van der Waals surface area contributed by atoms with Gasteiger partial charge in [0.15, 0.2) is 5.78 Å². The van der Waals surface area contributed by atoms with Gasteiger partial charge in [0.05, 0.1) is 66.2 Å². The van der Waals surface area contributed by atoms with E-state index in [0.29, 0.717) is 64.8 Å². The summed E-state index contributed by atoms with van der Waals surface area (Å²) < 4.78 is 4.94. The molecule has 0 saturated heterocycles. The van der Waals surface area contributed by atoms with E-state index in [1.165, 1.54) is 14.2 Å². The van der Waals surface area contributed by atoms with Crippen molar-refractivity contribution < 1.29 is 29.2 Å². The van der Waals surface area contributed by atoms with Crippen molar-refractivity contribution >= 4 is 46.8 Å². The topological polar surface area (TPSA) is 135 Å². The van der Waals surface area contributed by atoms with Crippen LogP contribution in [0.2, 0.25) is 0 Å². The number of allylic oxidation sites excluding steroid dienone is 8. The summed E-state index contributed by atoms with van der Waals surface area (Å²) in [6, 6.07) is 0. The molecule has 0 atom stereocenters. The zero-order valence-electron chi connectivity index (χ0n) is 27.7. The Hall–Kier alpha value is -4.67. The van der Waals surface area contributed by atoms with E-state index in [1.807, 2.05) is 52.0 Å². The van der Waals surface area contributed by atoms with Crippen molar-refractivity contribution in [1.29, 1.82) is 0 Å². The monoisotopic (exact) mass is 624 g/mol. The minimum Gasteiger partial charge on any atom is -0.512 e. The summed E-state index contributed by atoms with van der Waals surface area (Å²) in [5.74, 6) is -0.237. The van der Waals surface area contributed by atoms with Crippen LogP contribution in [0, 0.1) is 6.92 Å². The lowest BCUT2D eigenvalue weighted by Gasteiger charge is -2.08. The van der Waals surface area contributed by atoms with Gasteiger partial charge >= 0.3 is 5.97 Å². The Kier molecular flexibility index (Phi) is 9.50. The number of aromatic amines is 1. The number of ether oxygens (including phenoxy) is 1. The quantitative estimate of drug-likeness (QED) is 0.169. The van der Waals surface area contributed by atoms with Crippen LogP contribution in [-0.2, 0) is 24.1 Å². The Balaban J connectivity index is 1.80. The summed E-state index contributed by atoms with van der Waals surface area (Å²) >= 11 is 0. The highest BCUT2D eigenvalue weighted by atomic mass is 17.2. The van der Waals surface area contributed by atoms with Crippen molar-refractivity contribution in [1.82, 2.24) is 4.98 Å². The molecule has 0 spiro atoms. The molecule has 1 aromatic heterocycles. The van der Waals surface area contributed by atoms with Crippen molar-refractivity contribution in [2.24, 2.45) is 15.0 Å². The molecular formula is C36H40N4O6. The van der Waals surface area contributed by atoms with Gasteiger partial charge in [-0.3, -0.25) is 9.59 Å². The molecule has 10 heteroatoms. The van der Waals surface area contributed by atoms with Gasteiger partial charge in [-0.2, -0.15) is 0 Å². The second-order valence-electron chi connectivity index (χ2n) is 11.7. The van der Waals surface area contributed by atoms with Gasteiger partial charge in [0.25, 0.3) is 0 Å². The van der Waals surface area contributed by atoms with E-state index in [4.69, 9.17) is 29.5 Å². The van der Waals surface area contributed by atoms with Crippen LogP contribution in [0.15, 0.2) is 77.7 Å². The van der Waals surface area contributed by atoms with Gasteiger partial charge in [0.1, 0.15) is 0 Å². The van der Waals surface area contributed by atoms with Gasteiger partial charge in [0, 0.05) is 22.9 Å². The molecule has 5 heterocycles. The summed E-state index contributed by atoms with van der Waals surface area (Å²) in [4.78, 5) is 53.5. The third-order valence-corrected chi connectivity index (χ3v) is 8.75. The maximum Gasteiger partial charge on any atom is 0.305 e. The van der Waals surface area contributed by atoms with E-state index in [2.05, 4.69) is 4.98 Å². The molecule has 0 unspecified atom stereocenters. The van der Waals surface area contributed by atoms with Crippen LogP contribution in [0.25, 0.3) is 17.9 Å². The molecule has 10 nitrogen and oxygen atoms in total. The molecule has 240 valence electrons. The zero-order valence-corrected chi connectivity index (χ0v) is 27.7. The minimum atomic E-state index is -0.303. The fourth-order valence-electron chi connectivity index (χ4n) is 6.30. The number of hydrogen-bond acceptors (Lipinski definition) is 9. The van der Waals surface area contributed by atoms with Gasteiger partial charge in [-0.15, -0.1) is 0 Å². The van der Waals surface area contributed by atoms with Crippen LogP contribution in [0.4, 0.5) is 0 Å². The van der Waals surface area contributed by atoms with Gasteiger partial charge in [-0.1, -0.05) is 0 Å². The third-order valence-electron chi connectivity index (χ3n) is 8.75. The first-order valence-electron chi connectivity index (χ1n) is 15.3. The number of hydrogen-bond donors (Lipinski definition) is 2. The molecule has 0 aliphatic carbocycles. The predicted molar refractivity (Wildman–Crippen MR) is 180 cm³/mol. The lowest BCUT2D eigenvalue weighted by atomic mass is 9.96. The molecule has 8 bridgehead atoms. The number of rotatable bonds is 9. The van der Waals surface area contributed by atoms with E-state index in [9.17, 15) is 14.7 Å². The SMILES string of the molecule is COOCCCC1=C(C)C2=CC3=NC(=Cc4[nH]c(c(=C(C)O)c4C)=CC4=NC(=CC1=N2)C(CCC(=O)OC)=C4C)C(C(C)=O)=C3C. The lowest BCUT2D eigenvalue weighted by Crippen LogP contribution is -2.27. The largest absolute Gasteiger partial charge is 0.512 e. The second-order valence-corrected chi connectivity index (χ2v) is 11.7. The number of nitrogens with one attached hydrogen (secondary N) is 1. The molecule has 0 amide bonds. The maximum atomic E-state index is 12.9. The molecule has 5 rings (SSSR count). The van der Waals surface area contributed by atoms with Crippen molar-refractivity contribution in [3.8, 4) is 0 Å². The number of carbonyl (C=O) groups is 2. The highest BCUT2D eigenvalue weighted by molar-refractivity contribution is 6.24. The van der Waals surface area contributed by atoms with Crippen LogP contribution in [-0.4, -0.2) is 59.8 Å². The first-order valence-corrected chi connectivity index (χ1v) is 15.3. The molecule has 1 aromatic rings. The number of ketones is 1. The minimum absolute atomic E-state index is 0.0849. The summed E-state index contributed by atoms with van der Waals surface area (Å²) in [6.07, 6.45) is 9.70. The Morgan fingerprint density at radius 3 is 2.15 bits per heavy atom. The normalized spacial score (nSPS) is 18.2. The number of methoxy groups -OCH3 is 1. The highest BCUT2D eigenvalue weighted by Gasteiger charge is 2.28. The lowest BCUT2D eigenvalue weighted by molar-refractivity contribution is -0.272. The molecule has 0 radical (unpaired) electrons. The van der Waals surface area contributed by atoms with Gasteiger partial charge in [-0.25, -0.2) is 24.8 Å². The summed E-state index contributed by atoms with van der Waals surface area (Å²) in [7, 11) is 2.87. The van der Waals surface area contributed by atoms with E-state index in [0.717, 1.165) is 50.5 Å². The number of carbonyl (C=O) groups excluding carboxylic acids is 2. The van der Waals surface area contributed by atoms with Crippen molar-refractivity contribution in [2.45, 2.75) is 67.2 Å². The standard InChI is InChI=1S/C36H40N4O6/c1-18-24(10-9-13-46-45-8)30-17-31-25(11-12-34(43)44-7)19(2)27(38-31)15-32-36(23(6)42)21(4)29(40-32)16-33-35(22(5)41)20(3)28(39-33)14-26(18)37-30/h14-17,40,42H,9-13H2,1-8H3. The third kappa shape index (κ3) is 6.23. The molecule has 46 heavy (non-hydrogen) atoms. The zero-order chi connectivity index (χ0) is 33.3. The molecule has 0 aromatic carbocycles. The number of nitrogens with zero attached hydrogens (tertiary/aromatic N) is 3. The predicted octanol–water partition coefficient (Wildman–Crippen LogP) is 5.13. The Morgan fingerprint density at radius 2 is 1.48 bits per heavy atom. The van der Waals surface area contributed by atoms with Crippen molar-refractivity contribution in [2.75, 3.05) is 20.8 Å². The number of fused-ring (bicyclic) bond motifs is 5. The second kappa shape index (κ2) is 13.4. The number of aliphatic hydroxyl groups is 1. The first kappa shape index (κ1) is 32.7. The van der Waals surface area contributed by atoms with E-state index < -0.39 is 0 Å². The fourth-order valence-corrected chi connectivity index (χ4v) is 6.30. The molecule has 4 aliphatic rings. The number of aromatic nitrogens is 1. The van der Waals surface area contributed by atoms with Gasteiger partial charge in [0.2, 0.25) is 0 Å². The van der Waals surface area contributed by atoms with E-state index in [1.54, 1.807) is 13.8 Å². The summed E-state index contributed by atoms with van der Waals surface area (Å²) in [5, 5.41) is 12.1. The van der Waals surface area contributed by atoms with Crippen molar-refractivity contribution in [3.63, 3.8) is 0 Å². The number of aliphatic imine (C=N–C) groups is 3. The van der Waals surface area contributed by atoms with Gasteiger partial charge in [-0.05, 0) is 119 Å². The van der Waals surface area contributed by atoms with Crippen molar-refractivity contribution in [3.05, 3.63) is 84.5 Å². The Morgan fingerprint density at radius 1 is 0.804 bits per heavy atom. The maximum absolute atomic E-state index is 12.9. The van der Waals surface area contributed by atoms with Crippen LogP contribution in [0.1, 0.15) is 71.6 Å². The van der Waals surface area contributed by atoms with Crippen LogP contribution >= 0.6 is 0 Å². The fraction of sp³-hybridized carbons (Fsp3) is 0.361. The molecular weight excluding hydrogens is 584 g/mol. The number of aliphatic hydroxyl groups excluding tert-OH is 1. The number of H-pyrrole nitrogens is 1. The summed E-state index contributed by atoms with van der Waals surface area (Å²) in [5.41, 5.74) is 10.9. The molecule has 0 saturated carbocycles.